The third kappa shape index (κ3) is 2.14. The number of carboxylic acids is 1. The van der Waals surface area contributed by atoms with Crippen molar-refractivity contribution in [1.29, 1.82) is 0 Å². The summed E-state index contributed by atoms with van der Waals surface area (Å²) in [7, 11) is 0. The zero-order chi connectivity index (χ0) is 13.3. The minimum atomic E-state index is -0.981. The predicted molar refractivity (Wildman–Crippen MR) is 69.1 cm³/mol. The quantitative estimate of drug-likeness (QED) is 0.842. The number of benzene rings is 1. The Morgan fingerprint density at radius 1 is 1.44 bits per heavy atom. The first-order valence-corrected chi connectivity index (χ1v) is 5.84. The van der Waals surface area contributed by atoms with Crippen molar-refractivity contribution in [2.24, 2.45) is 5.92 Å². The Bertz CT molecular complexity index is 611. The van der Waals surface area contributed by atoms with Crippen molar-refractivity contribution in [3.05, 3.63) is 35.5 Å². The fraction of sp³-hybridized carbons (Fsp3) is 0.286. The van der Waals surface area contributed by atoms with E-state index < -0.39 is 5.97 Å². The normalized spacial score (nSPS) is 11.1. The molecule has 1 aromatic heterocycles. The highest BCUT2D eigenvalue weighted by atomic mass is 16.4. The predicted octanol–water partition coefficient (Wildman–Crippen LogP) is 2.81. The molecule has 0 spiro atoms. The van der Waals surface area contributed by atoms with Gasteiger partial charge in [0.15, 0.2) is 6.29 Å². The van der Waals surface area contributed by atoms with Crippen LogP contribution in [0, 0.1) is 5.92 Å². The second kappa shape index (κ2) is 4.64. The third-order valence-corrected chi connectivity index (χ3v) is 2.85. The number of hydrogen-bond donors (Lipinski definition) is 1. The van der Waals surface area contributed by atoms with Gasteiger partial charge in [-0.25, -0.2) is 4.79 Å². The molecular formula is C14H15NO3. The van der Waals surface area contributed by atoms with Gasteiger partial charge in [-0.2, -0.15) is 0 Å². The van der Waals surface area contributed by atoms with Crippen molar-refractivity contribution in [3.8, 4) is 0 Å². The summed E-state index contributed by atoms with van der Waals surface area (Å²) in [4.78, 5) is 22.0. The number of rotatable bonds is 4. The molecule has 0 fully saturated rings. The molecule has 1 N–H and O–H groups in total. The molecule has 94 valence electrons. The molecule has 2 aromatic rings. The molecule has 0 aliphatic rings. The van der Waals surface area contributed by atoms with E-state index >= 15 is 0 Å². The Kier molecular flexibility index (Phi) is 3.19. The van der Waals surface area contributed by atoms with Crippen molar-refractivity contribution in [2.45, 2.75) is 20.4 Å². The monoisotopic (exact) mass is 245 g/mol. The number of carbonyl (C=O) groups is 2. The number of fused-ring (bicyclic) bond motifs is 1. The third-order valence-electron chi connectivity index (χ3n) is 2.85. The molecule has 4 heteroatoms. The van der Waals surface area contributed by atoms with Gasteiger partial charge in [0.2, 0.25) is 0 Å². The van der Waals surface area contributed by atoms with E-state index in [1.165, 1.54) is 0 Å². The molecule has 0 aliphatic carbocycles. The molecule has 0 radical (unpaired) electrons. The second-order valence-electron chi connectivity index (χ2n) is 4.79. The summed E-state index contributed by atoms with van der Waals surface area (Å²) in [6.45, 7) is 4.99. The van der Waals surface area contributed by atoms with Crippen LogP contribution in [-0.2, 0) is 6.54 Å². The molecule has 0 bridgehead atoms. The minimum absolute atomic E-state index is 0.202. The Morgan fingerprint density at radius 3 is 2.72 bits per heavy atom. The Hall–Kier alpha value is -2.10. The molecule has 0 aliphatic heterocycles. The maximum Gasteiger partial charge on any atom is 0.335 e. The number of nitrogens with zero attached hydrogens (tertiary/aromatic N) is 1. The van der Waals surface area contributed by atoms with Gasteiger partial charge < -0.3 is 9.67 Å². The summed E-state index contributed by atoms with van der Waals surface area (Å²) >= 11 is 0. The zero-order valence-electron chi connectivity index (χ0n) is 10.4. The van der Waals surface area contributed by atoms with E-state index in [2.05, 4.69) is 13.8 Å². The largest absolute Gasteiger partial charge is 0.478 e. The van der Waals surface area contributed by atoms with E-state index in [0.717, 1.165) is 18.3 Å². The van der Waals surface area contributed by atoms with Crippen molar-refractivity contribution < 1.29 is 14.7 Å². The van der Waals surface area contributed by atoms with Gasteiger partial charge in [0.25, 0.3) is 0 Å². The van der Waals surface area contributed by atoms with Crippen LogP contribution in [0.5, 0.6) is 0 Å². The number of aromatic carboxylic acids is 1. The minimum Gasteiger partial charge on any atom is -0.478 e. The molecule has 0 unspecified atom stereocenters. The molecule has 1 heterocycles. The molecule has 0 saturated carbocycles. The number of hydrogen-bond acceptors (Lipinski definition) is 2. The summed E-state index contributed by atoms with van der Waals surface area (Å²) < 4.78 is 2.00. The lowest BCUT2D eigenvalue weighted by molar-refractivity contribution is 0.0697. The fourth-order valence-corrected chi connectivity index (χ4v) is 2.10. The van der Waals surface area contributed by atoms with E-state index in [4.69, 9.17) is 5.11 Å². The van der Waals surface area contributed by atoms with E-state index in [1.807, 2.05) is 4.57 Å². The van der Waals surface area contributed by atoms with Crippen molar-refractivity contribution in [3.63, 3.8) is 0 Å². The average Bonchev–Trinajstić information content (AvgIpc) is 2.66. The van der Waals surface area contributed by atoms with Crippen LogP contribution in [0.4, 0.5) is 0 Å². The van der Waals surface area contributed by atoms with E-state index in [9.17, 15) is 9.59 Å². The maximum absolute atomic E-state index is 11.0. The average molecular weight is 245 g/mol. The van der Waals surface area contributed by atoms with Crippen LogP contribution in [0.1, 0.15) is 34.6 Å². The zero-order valence-corrected chi connectivity index (χ0v) is 10.4. The van der Waals surface area contributed by atoms with Crippen molar-refractivity contribution in [2.75, 3.05) is 0 Å². The highest BCUT2D eigenvalue weighted by molar-refractivity contribution is 6.01. The van der Waals surface area contributed by atoms with Crippen LogP contribution in [0.15, 0.2) is 24.4 Å². The van der Waals surface area contributed by atoms with Crippen molar-refractivity contribution >= 4 is 23.2 Å². The van der Waals surface area contributed by atoms with Gasteiger partial charge in [-0.3, -0.25) is 4.79 Å². The van der Waals surface area contributed by atoms with Crippen LogP contribution < -0.4 is 0 Å². The lowest BCUT2D eigenvalue weighted by Gasteiger charge is -2.08. The van der Waals surface area contributed by atoms with Crippen molar-refractivity contribution in [1.82, 2.24) is 4.57 Å². The van der Waals surface area contributed by atoms with Crippen LogP contribution in [-0.4, -0.2) is 21.9 Å². The van der Waals surface area contributed by atoms with Gasteiger partial charge >= 0.3 is 5.97 Å². The SMILES string of the molecule is CC(C)Cn1cc(C=O)c2cc(C(=O)O)ccc21. The summed E-state index contributed by atoms with van der Waals surface area (Å²) in [6, 6.07) is 4.88. The Morgan fingerprint density at radius 2 is 2.17 bits per heavy atom. The van der Waals surface area contributed by atoms with Gasteiger partial charge in [0.05, 0.1) is 5.56 Å². The number of aldehydes is 1. The summed E-state index contributed by atoms with van der Waals surface area (Å²) in [6.07, 6.45) is 2.55. The first-order chi connectivity index (χ1) is 8.52. The summed E-state index contributed by atoms with van der Waals surface area (Å²) in [5.74, 6) is -0.524. The molecule has 18 heavy (non-hydrogen) atoms. The van der Waals surface area contributed by atoms with Crippen LogP contribution in [0.2, 0.25) is 0 Å². The lowest BCUT2D eigenvalue weighted by Crippen LogP contribution is -2.03. The van der Waals surface area contributed by atoms with E-state index in [-0.39, 0.29) is 5.56 Å². The van der Waals surface area contributed by atoms with Gasteiger partial charge in [-0.05, 0) is 24.1 Å². The van der Waals surface area contributed by atoms with E-state index in [1.54, 1.807) is 24.4 Å². The first kappa shape index (κ1) is 12.4. The van der Waals surface area contributed by atoms with Crippen LogP contribution in [0.3, 0.4) is 0 Å². The molecule has 0 amide bonds. The smallest absolute Gasteiger partial charge is 0.335 e. The van der Waals surface area contributed by atoms with Gasteiger partial charge in [0.1, 0.15) is 0 Å². The number of carboxylic acid groups (broad SMARTS) is 1. The molecule has 4 nitrogen and oxygen atoms in total. The standard InChI is InChI=1S/C14H15NO3/c1-9(2)6-15-7-11(8-16)12-5-10(14(17)18)3-4-13(12)15/h3-5,7-9H,6H2,1-2H3,(H,17,18). The highest BCUT2D eigenvalue weighted by Gasteiger charge is 2.11. The second-order valence-corrected chi connectivity index (χ2v) is 4.79. The Labute approximate surface area is 105 Å². The lowest BCUT2D eigenvalue weighted by atomic mass is 10.1. The topological polar surface area (TPSA) is 59.3 Å². The molecular weight excluding hydrogens is 230 g/mol. The molecule has 0 saturated heterocycles. The summed E-state index contributed by atoms with van der Waals surface area (Å²) in [5.41, 5.74) is 1.64. The fourth-order valence-electron chi connectivity index (χ4n) is 2.10. The van der Waals surface area contributed by atoms with Gasteiger partial charge in [-0.15, -0.1) is 0 Å². The first-order valence-electron chi connectivity index (χ1n) is 5.84. The Balaban J connectivity index is 2.63. The van der Waals surface area contributed by atoms with Gasteiger partial charge in [-0.1, -0.05) is 13.8 Å². The molecule has 2 rings (SSSR count). The van der Waals surface area contributed by atoms with Crippen LogP contribution >= 0.6 is 0 Å². The van der Waals surface area contributed by atoms with Gasteiger partial charge in [0, 0.05) is 29.2 Å². The molecule has 1 aromatic carbocycles. The number of carbonyl (C=O) groups excluding carboxylic acids is 1. The molecule has 0 atom stereocenters. The summed E-state index contributed by atoms with van der Waals surface area (Å²) in [5, 5.41) is 9.66. The van der Waals surface area contributed by atoms with E-state index in [0.29, 0.717) is 16.9 Å². The van der Waals surface area contributed by atoms with Crippen LogP contribution in [0.25, 0.3) is 10.9 Å². The highest BCUT2D eigenvalue weighted by Crippen LogP contribution is 2.23. The maximum atomic E-state index is 11.0. The number of aromatic nitrogens is 1.